The molecule has 14 nitrogen and oxygen atoms in total. The maximum atomic E-state index is 12.9. The molecule has 0 saturated carbocycles. The zero-order chi connectivity index (χ0) is 27.0. The Balaban J connectivity index is 5.32. The fourth-order valence-electron chi connectivity index (χ4n) is 2.87. The van der Waals surface area contributed by atoms with Crippen molar-refractivity contribution < 1.29 is 48.5 Å². The number of carbonyl (C=O) groups excluding carboxylic acids is 4. The van der Waals surface area contributed by atoms with Gasteiger partial charge in [-0.25, -0.2) is 0 Å². The molecule has 0 heterocycles. The first-order chi connectivity index (χ1) is 16.4. The lowest BCUT2D eigenvalue weighted by Gasteiger charge is -2.25. The minimum atomic E-state index is -1.43. The summed E-state index contributed by atoms with van der Waals surface area (Å²) in [5.74, 6) is -5.92. The third-order valence-corrected chi connectivity index (χ3v) is 4.40. The predicted molar refractivity (Wildman–Crippen MR) is 121 cm³/mol. The standard InChI is InChI=1S/C21H36N4O10/c1-12(2)9-14(24-21(33)16(11-18(29)30)23-13(3)26)20(32)25-15(10-17(27)28)19(31)22-5-6-35-8-7-34-4/h12,14-16H,5-11H2,1-4H3,(H,22,31)(H,23,26)(H,24,33)(H,25,32)(H,27,28)(H,29,30)/t14-,15-,16-/m0/s1. The number of methoxy groups -OCH3 is 1. The number of rotatable bonds is 18. The average Bonchev–Trinajstić information content (AvgIpc) is 2.73. The van der Waals surface area contributed by atoms with Crippen LogP contribution in [0.3, 0.4) is 0 Å². The highest BCUT2D eigenvalue weighted by Gasteiger charge is 2.31. The van der Waals surface area contributed by atoms with Crippen molar-refractivity contribution in [3.63, 3.8) is 0 Å². The van der Waals surface area contributed by atoms with Gasteiger partial charge in [0.15, 0.2) is 0 Å². The molecule has 0 saturated heterocycles. The molecule has 0 spiro atoms. The van der Waals surface area contributed by atoms with E-state index in [4.69, 9.17) is 19.7 Å². The monoisotopic (exact) mass is 504 g/mol. The number of amides is 4. The van der Waals surface area contributed by atoms with Crippen LogP contribution in [-0.2, 0) is 38.2 Å². The topological polar surface area (TPSA) is 209 Å². The van der Waals surface area contributed by atoms with Gasteiger partial charge in [-0.05, 0) is 12.3 Å². The molecule has 0 aliphatic carbocycles. The summed E-state index contributed by atoms with van der Waals surface area (Å²) in [6, 6.07) is -4.08. The highest BCUT2D eigenvalue weighted by atomic mass is 16.5. The van der Waals surface area contributed by atoms with E-state index in [1.807, 2.05) is 0 Å². The van der Waals surface area contributed by atoms with Gasteiger partial charge in [-0.15, -0.1) is 0 Å². The van der Waals surface area contributed by atoms with Crippen LogP contribution in [0.25, 0.3) is 0 Å². The van der Waals surface area contributed by atoms with Crippen molar-refractivity contribution >= 4 is 35.6 Å². The van der Waals surface area contributed by atoms with Crippen LogP contribution in [-0.4, -0.2) is 97.4 Å². The number of carboxylic acids is 2. The molecule has 0 aliphatic rings. The van der Waals surface area contributed by atoms with E-state index < -0.39 is 66.5 Å². The van der Waals surface area contributed by atoms with Crippen molar-refractivity contribution in [1.29, 1.82) is 0 Å². The molecule has 200 valence electrons. The maximum absolute atomic E-state index is 12.9. The van der Waals surface area contributed by atoms with Crippen LogP contribution in [0.2, 0.25) is 0 Å². The Morgan fingerprint density at radius 2 is 1.26 bits per heavy atom. The second kappa shape index (κ2) is 17.2. The molecule has 6 N–H and O–H groups in total. The Morgan fingerprint density at radius 3 is 1.74 bits per heavy atom. The first-order valence-corrected chi connectivity index (χ1v) is 11.0. The SMILES string of the molecule is COCCOCCNC(=O)[C@H](CC(=O)O)NC(=O)[C@H](CC(C)C)NC(=O)[C@H](CC(=O)O)NC(C)=O. The molecule has 0 aromatic rings. The van der Waals surface area contributed by atoms with Gasteiger partial charge >= 0.3 is 11.9 Å². The fourth-order valence-corrected chi connectivity index (χ4v) is 2.87. The highest BCUT2D eigenvalue weighted by Crippen LogP contribution is 2.07. The second-order valence-corrected chi connectivity index (χ2v) is 8.10. The number of hydrogen-bond donors (Lipinski definition) is 6. The largest absolute Gasteiger partial charge is 0.481 e. The van der Waals surface area contributed by atoms with Crippen molar-refractivity contribution in [3.05, 3.63) is 0 Å². The highest BCUT2D eigenvalue weighted by molar-refractivity contribution is 5.96. The van der Waals surface area contributed by atoms with Crippen molar-refractivity contribution in [2.24, 2.45) is 5.92 Å². The molecule has 0 aromatic carbocycles. The summed E-state index contributed by atoms with van der Waals surface area (Å²) in [5.41, 5.74) is 0. The van der Waals surface area contributed by atoms with Crippen LogP contribution in [0.4, 0.5) is 0 Å². The van der Waals surface area contributed by atoms with Crippen LogP contribution < -0.4 is 21.3 Å². The maximum Gasteiger partial charge on any atom is 0.305 e. The lowest BCUT2D eigenvalue weighted by Crippen LogP contribution is -2.57. The molecule has 0 rings (SSSR count). The molecule has 35 heavy (non-hydrogen) atoms. The van der Waals surface area contributed by atoms with Gasteiger partial charge in [-0.2, -0.15) is 0 Å². The lowest BCUT2D eigenvalue weighted by molar-refractivity contribution is -0.141. The van der Waals surface area contributed by atoms with E-state index in [0.29, 0.717) is 13.2 Å². The van der Waals surface area contributed by atoms with Gasteiger partial charge in [-0.1, -0.05) is 13.8 Å². The Hall–Kier alpha value is -3.26. The predicted octanol–water partition coefficient (Wildman–Crippen LogP) is -1.76. The lowest BCUT2D eigenvalue weighted by atomic mass is 10.0. The van der Waals surface area contributed by atoms with Gasteiger partial charge in [0.25, 0.3) is 0 Å². The minimum absolute atomic E-state index is 0.0638. The minimum Gasteiger partial charge on any atom is -0.481 e. The molecule has 0 aromatic heterocycles. The summed E-state index contributed by atoms with van der Waals surface area (Å²) < 4.78 is 10.0. The number of aliphatic carboxylic acids is 2. The summed E-state index contributed by atoms with van der Waals surface area (Å²) in [5, 5.41) is 27.6. The molecular weight excluding hydrogens is 468 g/mol. The van der Waals surface area contributed by atoms with Crippen molar-refractivity contribution in [2.45, 2.75) is 58.2 Å². The van der Waals surface area contributed by atoms with Gasteiger partial charge in [0.05, 0.1) is 32.7 Å². The van der Waals surface area contributed by atoms with E-state index in [2.05, 4.69) is 21.3 Å². The van der Waals surface area contributed by atoms with E-state index in [1.165, 1.54) is 7.11 Å². The first kappa shape index (κ1) is 31.7. The van der Waals surface area contributed by atoms with Gasteiger partial charge in [-0.3, -0.25) is 28.8 Å². The number of ether oxygens (including phenoxy) is 2. The third-order valence-electron chi connectivity index (χ3n) is 4.40. The summed E-state index contributed by atoms with van der Waals surface area (Å²) in [6.07, 6.45) is -1.32. The number of nitrogens with one attached hydrogen (secondary N) is 4. The van der Waals surface area contributed by atoms with E-state index in [1.54, 1.807) is 13.8 Å². The quantitative estimate of drug-likeness (QED) is 0.116. The number of carboxylic acid groups (broad SMARTS) is 2. The summed E-state index contributed by atoms with van der Waals surface area (Å²) in [4.78, 5) is 71.5. The van der Waals surface area contributed by atoms with E-state index >= 15 is 0 Å². The fraction of sp³-hybridized carbons (Fsp3) is 0.714. The van der Waals surface area contributed by atoms with Gasteiger partial charge in [0.1, 0.15) is 18.1 Å². The van der Waals surface area contributed by atoms with Crippen LogP contribution in [0, 0.1) is 5.92 Å². The average molecular weight is 505 g/mol. The van der Waals surface area contributed by atoms with Gasteiger partial charge in [0, 0.05) is 20.6 Å². The Bertz CT molecular complexity index is 728. The van der Waals surface area contributed by atoms with Crippen LogP contribution in [0.5, 0.6) is 0 Å². The zero-order valence-electron chi connectivity index (χ0n) is 20.4. The zero-order valence-corrected chi connectivity index (χ0v) is 20.4. The summed E-state index contributed by atoms with van der Waals surface area (Å²) >= 11 is 0. The smallest absolute Gasteiger partial charge is 0.305 e. The second-order valence-electron chi connectivity index (χ2n) is 8.10. The molecule has 0 fully saturated rings. The summed E-state index contributed by atoms with van der Waals surface area (Å²) in [6.45, 7) is 5.51. The van der Waals surface area contributed by atoms with E-state index in [9.17, 15) is 28.8 Å². The molecule has 4 amide bonds. The van der Waals surface area contributed by atoms with Crippen LogP contribution in [0.15, 0.2) is 0 Å². The molecule has 0 radical (unpaired) electrons. The number of carbonyl (C=O) groups is 6. The van der Waals surface area contributed by atoms with Gasteiger partial charge in [0.2, 0.25) is 23.6 Å². The molecule has 0 aliphatic heterocycles. The normalized spacial score (nSPS) is 13.3. The molecule has 14 heteroatoms. The molecule has 0 unspecified atom stereocenters. The van der Waals surface area contributed by atoms with Crippen LogP contribution in [0.1, 0.15) is 40.0 Å². The van der Waals surface area contributed by atoms with Crippen LogP contribution >= 0.6 is 0 Å². The summed E-state index contributed by atoms with van der Waals surface area (Å²) in [7, 11) is 1.51. The Morgan fingerprint density at radius 1 is 0.743 bits per heavy atom. The van der Waals surface area contributed by atoms with E-state index in [0.717, 1.165) is 6.92 Å². The van der Waals surface area contributed by atoms with Crippen molar-refractivity contribution in [3.8, 4) is 0 Å². The van der Waals surface area contributed by atoms with Gasteiger partial charge < -0.3 is 41.0 Å². The third kappa shape index (κ3) is 15.3. The Labute approximate surface area is 203 Å². The van der Waals surface area contributed by atoms with Crippen molar-refractivity contribution in [2.75, 3.05) is 33.5 Å². The van der Waals surface area contributed by atoms with E-state index in [-0.39, 0.29) is 25.5 Å². The Kier molecular flexibility index (Phi) is 15.6. The first-order valence-electron chi connectivity index (χ1n) is 11.0. The van der Waals surface area contributed by atoms with Crippen molar-refractivity contribution in [1.82, 2.24) is 21.3 Å². The molecule has 3 atom stereocenters. The number of hydrogen-bond acceptors (Lipinski definition) is 8. The molecular formula is C21H36N4O10. The molecule has 0 bridgehead atoms.